The summed E-state index contributed by atoms with van der Waals surface area (Å²) in [7, 11) is 3.61. The summed E-state index contributed by atoms with van der Waals surface area (Å²) < 4.78 is 7.05. The second kappa shape index (κ2) is 5.97. The van der Waals surface area contributed by atoms with Gasteiger partial charge in [0.15, 0.2) is 0 Å². The van der Waals surface area contributed by atoms with Crippen molar-refractivity contribution in [3.63, 3.8) is 0 Å². The summed E-state index contributed by atoms with van der Waals surface area (Å²) in [4.78, 5) is 5.54. The molecule has 1 unspecified atom stereocenters. The monoisotopic (exact) mass is 266 g/mol. The maximum absolute atomic E-state index is 5.23. The maximum atomic E-state index is 5.23. The van der Waals surface area contributed by atoms with Gasteiger partial charge in [-0.3, -0.25) is 4.68 Å². The molecule has 2 heterocycles. The zero-order valence-corrected chi connectivity index (χ0v) is 11.7. The highest BCUT2D eigenvalue weighted by Gasteiger charge is 2.16. The second-order valence-corrected chi connectivity index (χ2v) is 4.95. The number of hydrogen-bond acceptors (Lipinski definition) is 5. The Hall–Kier alpha value is -1.40. The molecule has 2 aromatic heterocycles. The van der Waals surface area contributed by atoms with Crippen LogP contribution in [0.1, 0.15) is 23.7 Å². The van der Waals surface area contributed by atoms with Gasteiger partial charge in [0, 0.05) is 29.8 Å². The standard InChI is InChI=1S/C12H18N4OS/c1-4-13-10(6-12-14-8-15-16(12)2)11-5-9(17-3)7-18-11/h5,7-8,10,13H,4,6H2,1-3H3. The summed E-state index contributed by atoms with van der Waals surface area (Å²) in [5, 5.41) is 9.60. The van der Waals surface area contributed by atoms with Gasteiger partial charge >= 0.3 is 0 Å². The first-order valence-corrected chi connectivity index (χ1v) is 6.81. The van der Waals surface area contributed by atoms with Crippen LogP contribution in [0.15, 0.2) is 17.8 Å². The number of nitrogens with one attached hydrogen (secondary N) is 1. The first-order chi connectivity index (χ1) is 8.74. The Morgan fingerprint density at radius 3 is 2.94 bits per heavy atom. The molecule has 0 aliphatic heterocycles. The Bertz CT molecular complexity index is 494. The molecule has 1 N–H and O–H groups in total. The van der Waals surface area contributed by atoms with Crippen LogP contribution in [0.4, 0.5) is 0 Å². The van der Waals surface area contributed by atoms with Gasteiger partial charge in [-0.15, -0.1) is 11.3 Å². The van der Waals surface area contributed by atoms with Crippen LogP contribution in [0.2, 0.25) is 0 Å². The molecule has 0 saturated heterocycles. The summed E-state index contributed by atoms with van der Waals surface area (Å²) in [5.74, 6) is 1.89. The zero-order chi connectivity index (χ0) is 13.0. The van der Waals surface area contributed by atoms with Gasteiger partial charge in [-0.05, 0) is 12.6 Å². The van der Waals surface area contributed by atoms with Gasteiger partial charge in [-0.1, -0.05) is 6.92 Å². The van der Waals surface area contributed by atoms with Crippen molar-refractivity contribution in [3.05, 3.63) is 28.5 Å². The predicted octanol–water partition coefficient (Wildman–Crippen LogP) is 1.78. The van der Waals surface area contributed by atoms with Gasteiger partial charge < -0.3 is 10.1 Å². The zero-order valence-electron chi connectivity index (χ0n) is 10.9. The molecular weight excluding hydrogens is 248 g/mol. The Morgan fingerprint density at radius 1 is 1.56 bits per heavy atom. The van der Waals surface area contributed by atoms with E-state index < -0.39 is 0 Å². The molecule has 0 radical (unpaired) electrons. The lowest BCUT2D eigenvalue weighted by atomic mass is 10.1. The molecule has 18 heavy (non-hydrogen) atoms. The van der Waals surface area contributed by atoms with Gasteiger partial charge in [0.25, 0.3) is 0 Å². The van der Waals surface area contributed by atoms with Gasteiger partial charge in [-0.25, -0.2) is 4.98 Å². The predicted molar refractivity (Wildman–Crippen MR) is 72.0 cm³/mol. The highest BCUT2D eigenvalue weighted by atomic mass is 32.1. The van der Waals surface area contributed by atoms with E-state index in [0.717, 1.165) is 24.5 Å². The fourth-order valence-corrected chi connectivity index (χ4v) is 2.76. The minimum Gasteiger partial charge on any atom is -0.496 e. The maximum Gasteiger partial charge on any atom is 0.138 e. The highest BCUT2D eigenvalue weighted by Crippen LogP contribution is 2.28. The number of rotatable bonds is 6. The smallest absolute Gasteiger partial charge is 0.138 e. The van der Waals surface area contributed by atoms with Gasteiger partial charge in [-0.2, -0.15) is 5.10 Å². The van der Waals surface area contributed by atoms with Crippen molar-refractivity contribution in [3.8, 4) is 5.75 Å². The van der Waals surface area contributed by atoms with Crippen molar-refractivity contribution in [2.45, 2.75) is 19.4 Å². The number of aromatic nitrogens is 3. The average Bonchev–Trinajstić information content (AvgIpc) is 2.98. The Kier molecular flexibility index (Phi) is 4.33. The molecule has 0 fully saturated rings. The molecule has 5 nitrogen and oxygen atoms in total. The molecule has 0 amide bonds. The minimum atomic E-state index is 0.256. The van der Waals surface area contributed by atoms with Crippen LogP contribution in [0.5, 0.6) is 5.75 Å². The van der Waals surface area contributed by atoms with Crippen LogP contribution in [0, 0.1) is 0 Å². The van der Waals surface area contributed by atoms with Crippen LogP contribution in [-0.4, -0.2) is 28.4 Å². The number of likely N-dealkylation sites (N-methyl/N-ethyl adjacent to an activating group) is 1. The van der Waals surface area contributed by atoms with Crippen molar-refractivity contribution in [2.24, 2.45) is 7.05 Å². The van der Waals surface area contributed by atoms with E-state index in [1.807, 2.05) is 17.1 Å². The van der Waals surface area contributed by atoms with Crippen LogP contribution in [0.3, 0.4) is 0 Å². The van der Waals surface area contributed by atoms with E-state index in [1.54, 1.807) is 24.8 Å². The van der Waals surface area contributed by atoms with E-state index in [9.17, 15) is 0 Å². The quantitative estimate of drug-likeness (QED) is 0.866. The molecule has 2 rings (SSSR count). The Morgan fingerprint density at radius 2 is 2.39 bits per heavy atom. The molecular formula is C12H18N4OS. The summed E-state index contributed by atoms with van der Waals surface area (Å²) >= 11 is 1.70. The van der Waals surface area contributed by atoms with Crippen molar-refractivity contribution in [1.29, 1.82) is 0 Å². The van der Waals surface area contributed by atoms with Gasteiger partial charge in [0.05, 0.1) is 7.11 Å². The van der Waals surface area contributed by atoms with Crippen molar-refractivity contribution >= 4 is 11.3 Å². The van der Waals surface area contributed by atoms with E-state index in [4.69, 9.17) is 4.74 Å². The van der Waals surface area contributed by atoms with E-state index >= 15 is 0 Å². The lowest BCUT2D eigenvalue weighted by Crippen LogP contribution is -2.23. The molecule has 98 valence electrons. The van der Waals surface area contributed by atoms with Gasteiger partial charge in [0.2, 0.25) is 0 Å². The molecule has 6 heteroatoms. The van der Waals surface area contributed by atoms with E-state index in [-0.39, 0.29) is 6.04 Å². The van der Waals surface area contributed by atoms with Crippen LogP contribution in [0.25, 0.3) is 0 Å². The third-order valence-corrected chi connectivity index (χ3v) is 3.84. The van der Waals surface area contributed by atoms with Crippen LogP contribution in [-0.2, 0) is 13.5 Å². The van der Waals surface area contributed by atoms with E-state index in [1.165, 1.54) is 4.88 Å². The van der Waals surface area contributed by atoms with Gasteiger partial charge in [0.1, 0.15) is 17.9 Å². The Labute approximate surface area is 111 Å². The molecule has 0 aromatic carbocycles. The SMILES string of the molecule is CCNC(Cc1ncnn1C)c1cc(OC)cs1. The fraction of sp³-hybridized carbons (Fsp3) is 0.500. The largest absolute Gasteiger partial charge is 0.496 e. The summed E-state index contributed by atoms with van der Waals surface area (Å²) in [6.07, 6.45) is 2.42. The molecule has 0 bridgehead atoms. The van der Waals surface area contributed by atoms with Crippen LogP contribution < -0.4 is 10.1 Å². The molecule has 0 spiro atoms. The molecule has 0 aliphatic carbocycles. The normalized spacial score (nSPS) is 12.6. The van der Waals surface area contributed by atoms with Crippen molar-refractivity contribution in [2.75, 3.05) is 13.7 Å². The summed E-state index contributed by atoms with van der Waals surface area (Å²) in [5.41, 5.74) is 0. The first-order valence-electron chi connectivity index (χ1n) is 5.93. The average molecular weight is 266 g/mol. The topological polar surface area (TPSA) is 52.0 Å². The Balaban J connectivity index is 2.15. The lowest BCUT2D eigenvalue weighted by Gasteiger charge is -2.15. The molecule has 2 aromatic rings. The van der Waals surface area contributed by atoms with Crippen molar-refractivity contribution in [1.82, 2.24) is 20.1 Å². The lowest BCUT2D eigenvalue weighted by molar-refractivity contribution is 0.415. The van der Waals surface area contributed by atoms with Crippen LogP contribution >= 0.6 is 11.3 Å². The number of hydrogen-bond donors (Lipinski definition) is 1. The van der Waals surface area contributed by atoms with E-state index in [0.29, 0.717) is 0 Å². The summed E-state index contributed by atoms with van der Waals surface area (Å²) in [6.45, 7) is 3.03. The third-order valence-electron chi connectivity index (χ3n) is 2.82. The number of nitrogens with zero attached hydrogens (tertiary/aromatic N) is 3. The molecule has 0 saturated carbocycles. The number of ether oxygens (including phenoxy) is 1. The molecule has 0 aliphatic rings. The third kappa shape index (κ3) is 2.88. The highest BCUT2D eigenvalue weighted by molar-refractivity contribution is 7.10. The number of aryl methyl sites for hydroxylation is 1. The summed E-state index contributed by atoms with van der Waals surface area (Å²) in [6, 6.07) is 2.33. The fourth-order valence-electron chi connectivity index (χ4n) is 1.83. The number of thiophene rings is 1. The molecule has 1 atom stereocenters. The van der Waals surface area contributed by atoms with E-state index in [2.05, 4.69) is 28.4 Å². The number of methoxy groups -OCH3 is 1. The van der Waals surface area contributed by atoms with Crippen molar-refractivity contribution < 1.29 is 4.74 Å². The minimum absolute atomic E-state index is 0.256. The first kappa shape index (κ1) is 13.0. The second-order valence-electron chi connectivity index (χ2n) is 4.00.